The molecule has 176 valence electrons. The molecule has 0 saturated heterocycles. The summed E-state index contributed by atoms with van der Waals surface area (Å²) in [5.74, 6) is -0.213. The summed E-state index contributed by atoms with van der Waals surface area (Å²) in [6.07, 6.45) is -3.41. The molecule has 1 aliphatic carbocycles. The fourth-order valence-corrected chi connectivity index (χ4v) is 3.55. The summed E-state index contributed by atoms with van der Waals surface area (Å²) >= 11 is 0. The Morgan fingerprint density at radius 3 is 2.39 bits per heavy atom. The van der Waals surface area contributed by atoms with Crippen molar-refractivity contribution in [1.82, 2.24) is 15.6 Å². The lowest BCUT2D eigenvalue weighted by Crippen LogP contribution is -2.52. The van der Waals surface area contributed by atoms with E-state index in [4.69, 9.17) is 4.74 Å². The summed E-state index contributed by atoms with van der Waals surface area (Å²) < 4.78 is 47.2. The quantitative estimate of drug-likeness (QED) is 0.574. The molecule has 0 unspecified atom stereocenters. The molecule has 2 atom stereocenters. The zero-order valence-electron chi connectivity index (χ0n) is 18.7. The lowest BCUT2D eigenvalue weighted by Gasteiger charge is -2.29. The molecule has 6 nitrogen and oxygen atoms in total. The van der Waals surface area contributed by atoms with E-state index in [1.54, 1.807) is 30.3 Å². The van der Waals surface area contributed by atoms with Crippen LogP contribution in [0, 0.1) is 17.2 Å². The highest BCUT2D eigenvalue weighted by molar-refractivity contribution is 5.83. The van der Waals surface area contributed by atoms with Crippen molar-refractivity contribution in [3.05, 3.63) is 48.0 Å². The van der Waals surface area contributed by atoms with Gasteiger partial charge in [-0.2, -0.15) is 18.4 Å². The summed E-state index contributed by atoms with van der Waals surface area (Å²) in [7, 11) is 1.49. The fraction of sp³-hybridized carbons (Fsp3) is 0.458. The number of aromatic nitrogens is 1. The SMILES string of the molecule is COc1cccc(-c2ccc([C@H](N[C@@H](CC(C)C)C(=O)NC3(C#N)CC3)C(F)(F)F)cc2)n1. The second kappa shape index (κ2) is 9.79. The smallest absolute Gasteiger partial charge is 0.407 e. The number of hydrogen-bond donors (Lipinski definition) is 2. The number of nitrogens with one attached hydrogen (secondary N) is 2. The van der Waals surface area contributed by atoms with E-state index >= 15 is 0 Å². The van der Waals surface area contributed by atoms with Crippen molar-refractivity contribution in [2.75, 3.05) is 7.11 Å². The van der Waals surface area contributed by atoms with Crippen LogP contribution in [0.4, 0.5) is 13.2 Å². The van der Waals surface area contributed by atoms with Crippen molar-refractivity contribution < 1.29 is 22.7 Å². The molecule has 1 amide bonds. The normalized spacial score (nSPS) is 16.5. The van der Waals surface area contributed by atoms with Crippen molar-refractivity contribution in [3.63, 3.8) is 0 Å². The van der Waals surface area contributed by atoms with E-state index in [1.165, 1.54) is 19.2 Å². The molecule has 9 heteroatoms. The molecule has 1 heterocycles. The van der Waals surface area contributed by atoms with Crippen LogP contribution in [0.1, 0.15) is 44.7 Å². The number of pyridine rings is 1. The lowest BCUT2D eigenvalue weighted by atomic mass is 9.98. The molecule has 2 N–H and O–H groups in total. The second-order valence-electron chi connectivity index (χ2n) is 8.69. The van der Waals surface area contributed by atoms with Crippen LogP contribution in [-0.4, -0.2) is 35.8 Å². The van der Waals surface area contributed by atoms with Crippen LogP contribution in [0.3, 0.4) is 0 Å². The Kier molecular flexibility index (Phi) is 7.28. The number of rotatable bonds is 9. The monoisotopic (exact) mass is 460 g/mol. The first-order valence-corrected chi connectivity index (χ1v) is 10.7. The van der Waals surface area contributed by atoms with Crippen molar-refractivity contribution in [2.45, 2.75) is 56.9 Å². The number of carbonyl (C=O) groups excluding carboxylic acids is 1. The number of ether oxygens (including phenoxy) is 1. The number of alkyl halides is 3. The Morgan fingerprint density at radius 2 is 1.88 bits per heavy atom. The minimum atomic E-state index is -4.63. The molecular weight excluding hydrogens is 433 g/mol. The van der Waals surface area contributed by atoms with Crippen LogP contribution < -0.4 is 15.4 Å². The van der Waals surface area contributed by atoms with E-state index in [1.807, 2.05) is 19.9 Å². The van der Waals surface area contributed by atoms with Gasteiger partial charge in [0.05, 0.1) is 24.9 Å². The average molecular weight is 461 g/mol. The van der Waals surface area contributed by atoms with Crippen LogP contribution in [0.15, 0.2) is 42.5 Å². The van der Waals surface area contributed by atoms with E-state index in [0.717, 1.165) is 0 Å². The number of hydrogen-bond acceptors (Lipinski definition) is 5. The number of benzene rings is 1. The largest absolute Gasteiger partial charge is 0.481 e. The van der Waals surface area contributed by atoms with Crippen LogP contribution in [0.2, 0.25) is 0 Å². The van der Waals surface area contributed by atoms with Crippen LogP contribution in [0.25, 0.3) is 11.3 Å². The van der Waals surface area contributed by atoms with Gasteiger partial charge in [-0.3, -0.25) is 10.1 Å². The zero-order chi connectivity index (χ0) is 24.2. The highest BCUT2D eigenvalue weighted by Crippen LogP contribution is 2.36. The van der Waals surface area contributed by atoms with E-state index in [0.29, 0.717) is 30.0 Å². The third-order valence-electron chi connectivity index (χ3n) is 5.52. The second-order valence-corrected chi connectivity index (χ2v) is 8.69. The van der Waals surface area contributed by atoms with Gasteiger partial charge in [0, 0.05) is 11.6 Å². The minimum absolute atomic E-state index is 0.0166. The summed E-state index contributed by atoms with van der Waals surface area (Å²) in [5, 5.41) is 14.4. The number of methoxy groups -OCH3 is 1. The first-order chi connectivity index (χ1) is 15.6. The van der Waals surface area contributed by atoms with Gasteiger partial charge in [0.2, 0.25) is 11.8 Å². The molecule has 1 aromatic carbocycles. The van der Waals surface area contributed by atoms with Gasteiger partial charge in [-0.05, 0) is 36.8 Å². The molecule has 1 aliphatic rings. The van der Waals surface area contributed by atoms with E-state index in [-0.39, 0.29) is 17.9 Å². The molecule has 0 aliphatic heterocycles. The van der Waals surface area contributed by atoms with Crippen molar-refractivity contribution in [3.8, 4) is 23.2 Å². The molecule has 0 radical (unpaired) electrons. The maximum absolute atomic E-state index is 14.0. The van der Waals surface area contributed by atoms with Crippen LogP contribution in [0.5, 0.6) is 5.88 Å². The summed E-state index contributed by atoms with van der Waals surface area (Å²) in [6, 6.07) is 9.94. The maximum atomic E-state index is 14.0. The molecule has 1 aromatic heterocycles. The average Bonchev–Trinajstić information content (AvgIpc) is 3.55. The Balaban J connectivity index is 1.84. The van der Waals surface area contributed by atoms with Gasteiger partial charge in [-0.25, -0.2) is 4.98 Å². The third kappa shape index (κ3) is 6.23. The Labute approximate surface area is 191 Å². The van der Waals surface area contributed by atoms with Crippen molar-refractivity contribution in [2.24, 2.45) is 5.92 Å². The van der Waals surface area contributed by atoms with Gasteiger partial charge in [-0.1, -0.05) is 44.2 Å². The van der Waals surface area contributed by atoms with Gasteiger partial charge < -0.3 is 10.1 Å². The van der Waals surface area contributed by atoms with Crippen molar-refractivity contribution in [1.29, 1.82) is 5.26 Å². The predicted octanol–water partition coefficient (Wildman–Crippen LogP) is 4.54. The summed E-state index contributed by atoms with van der Waals surface area (Å²) in [5.41, 5.74) is 0.241. The van der Waals surface area contributed by atoms with Gasteiger partial charge in [0.15, 0.2) is 0 Å². The minimum Gasteiger partial charge on any atom is -0.481 e. The molecule has 1 fully saturated rings. The molecule has 2 aromatic rings. The number of amides is 1. The highest BCUT2D eigenvalue weighted by atomic mass is 19.4. The molecule has 0 bridgehead atoms. The van der Waals surface area contributed by atoms with Crippen LogP contribution in [-0.2, 0) is 4.79 Å². The Bertz CT molecular complexity index is 1010. The van der Waals surface area contributed by atoms with E-state index < -0.39 is 29.7 Å². The zero-order valence-corrected chi connectivity index (χ0v) is 18.7. The van der Waals surface area contributed by atoms with E-state index in [9.17, 15) is 23.2 Å². The Morgan fingerprint density at radius 1 is 1.21 bits per heavy atom. The highest BCUT2D eigenvalue weighted by Gasteiger charge is 2.47. The fourth-order valence-electron chi connectivity index (χ4n) is 3.55. The standard InChI is InChI=1S/C24H27F3N4O2/c1-15(2)13-19(22(32)31-23(14-28)11-12-23)30-21(24(25,26)27)17-9-7-16(8-10-17)18-5-4-6-20(29-18)33-3/h4-10,15,19,21,30H,11-13H2,1-3H3,(H,31,32)/t19-,21-/m0/s1. The summed E-state index contributed by atoms with van der Waals surface area (Å²) in [6.45, 7) is 3.66. The number of halogens is 3. The van der Waals surface area contributed by atoms with Gasteiger partial charge in [0.1, 0.15) is 11.6 Å². The molecule has 33 heavy (non-hydrogen) atoms. The molecule has 0 spiro atoms. The number of carbonyl (C=O) groups is 1. The van der Waals surface area contributed by atoms with Gasteiger partial charge in [0.25, 0.3) is 0 Å². The van der Waals surface area contributed by atoms with Gasteiger partial charge >= 0.3 is 6.18 Å². The topological polar surface area (TPSA) is 87.0 Å². The molecular formula is C24H27F3N4O2. The predicted molar refractivity (Wildman–Crippen MR) is 117 cm³/mol. The Hall–Kier alpha value is -3.12. The maximum Gasteiger partial charge on any atom is 0.407 e. The summed E-state index contributed by atoms with van der Waals surface area (Å²) in [4.78, 5) is 17.1. The first kappa shape index (κ1) is 24.5. The number of nitriles is 1. The lowest BCUT2D eigenvalue weighted by molar-refractivity contribution is -0.161. The molecule has 3 rings (SSSR count). The van der Waals surface area contributed by atoms with Crippen molar-refractivity contribution >= 4 is 5.91 Å². The van der Waals surface area contributed by atoms with Gasteiger partial charge in [-0.15, -0.1) is 0 Å². The van der Waals surface area contributed by atoms with E-state index in [2.05, 4.69) is 15.6 Å². The molecule has 1 saturated carbocycles. The third-order valence-corrected chi connectivity index (χ3v) is 5.52. The van der Waals surface area contributed by atoms with Crippen LogP contribution >= 0.6 is 0 Å². The number of nitrogens with zero attached hydrogens (tertiary/aromatic N) is 2. The first-order valence-electron chi connectivity index (χ1n) is 10.7.